The number of nitrogens with zero attached hydrogens (tertiary/aromatic N) is 1. The van der Waals surface area contributed by atoms with Crippen molar-refractivity contribution in [3.8, 4) is 6.07 Å². The monoisotopic (exact) mass is 246 g/mol. The van der Waals surface area contributed by atoms with Crippen LogP contribution in [0.15, 0.2) is 34.8 Å². The highest BCUT2D eigenvalue weighted by molar-refractivity contribution is 9.10. The Hall–Kier alpha value is -1.53. The predicted molar refractivity (Wildman–Crippen MR) is 60.8 cm³/mol. The summed E-state index contributed by atoms with van der Waals surface area (Å²) < 4.78 is 0.999. The number of hydrogen-bond donors (Lipinski definition) is 1. The Morgan fingerprint density at radius 2 is 2.00 bits per heavy atom. The number of rotatable bonds is 0. The van der Waals surface area contributed by atoms with Crippen molar-refractivity contribution < 1.29 is 0 Å². The maximum Gasteiger partial charge on any atom is 0.102 e. The summed E-state index contributed by atoms with van der Waals surface area (Å²) in [4.78, 5) is 0. The van der Waals surface area contributed by atoms with E-state index in [0.29, 0.717) is 11.3 Å². The van der Waals surface area contributed by atoms with Crippen LogP contribution in [0.2, 0.25) is 0 Å². The minimum absolute atomic E-state index is 0.530. The fourth-order valence-corrected chi connectivity index (χ4v) is 1.82. The van der Waals surface area contributed by atoms with Gasteiger partial charge in [0.2, 0.25) is 0 Å². The van der Waals surface area contributed by atoms with Crippen LogP contribution < -0.4 is 5.73 Å². The second-order valence-corrected chi connectivity index (χ2v) is 3.92. The van der Waals surface area contributed by atoms with Crippen molar-refractivity contribution in [3.05, 3.63) is 40.4 Å². The summed E-state index contributed by atoms with van der Waals surface area (Å²) in [6.45, 7) is 0. The van der Waals surface area contributed by atoms with Crippen molar-refractivity contribution in [1.82, 2.24) is 0 Å². The summed E-state index contributed by atoms with van der Waals surface area (Å²) in [6.07, 6.45) is 0. The molecule has 2 rings (SSSR count). The maximum absolute atomic E-state index is 8.94. The maximum atomic E-state index is 8.94. The third kappa shape index (κ3) is 1.34. The second-order valence-electron chi connectivity index (χ2n) is 3.01. The SMILES string of the molecule is N#Cc1c(N)ccc2cc(Br)ccc12. The standard InChI is InChI=1S/C11H7BrN2/c12-8-2-3-9-7(5-8)1-4-11(14)10(9)6-13/h1-5H,14H2. The number of nitrogens with two attached hydrogens (primary N) is 1. The van der Waals surface area contributed by atoms with Crippen LogP contribution in [0.3, 0.4) is 0 Å². The summed E-state index contributed by atoms with van der Waals surface area (Å²) in [5.74, 6) is 0. The molecule has 0 bridgehead atoms. The van der Waals surface area contributed by atoms with Crippen LogP contribution in [0.1, 0.15) is 5.56 Å². The Bertz CT molecular complexity index is 541. The van der Waals surface area contributed by atoms with Gasteiger partial charge in [-0.05, 0) is 23.6 Å². The zero-order chi connectivity index (χ0) is 10.1. The van der Waals surface area contributed by atoms with Gasteiger partial charge in [-0.2, -0.15) is 5.26 Å². The number of benzene rings is 2. The zero-order valence-corrected chi connectivity index (χ0v) is 8.88. The van der Waals surface area contributed by atoms with E-state index >= 15 is 0 Å². The Kier molecular flexibility index (Phi) is 2.14. The lowest BCUT2D eigenvalue weighted by atomic mass is 10.0. The molecule has 2 aromatic carbocycles. The normalized spacial score (nSPS) is 10.0. The fraction of sp³-hybridized carbons (Fsp3) is 0. The van der Waals surface area contributed by atoms with Gasteiger partial charge >= 0.3 is 0 Å². The van der Waals surface area contributed by atoms with Crippen LogP contribution in [-0.2, 0) is 0 Å². The average molecular weight is 247 g/mol. The van der Waals surface area contributed by atoms with E-state index in [1.807, 2.05) is 24.3 Å². The summed E-state index contributed by atoms with van der Waals surface area (Å²) in [6, 6.07) is 11.6. The molecule has 3 heteroatoms. The van der Waals surface area contributed by atoms with Crippen LogP contribution in [0.4, 0.5) is 5.69 Å². The molecule has 0 saturated heterocycles. The van der Waals surface area contributed by atoms with E-state index in [0.717, 1.165) is 15.2 Å². The van der Waals surface area contributed by atoms with Crippen LogP contribution >= 0.6 is 15.9 Å². The number of halogens is 1. The molecule has 0 aliphatic heterocycles. The van der Waals surface area contributed by atoms with E-state index in [2.05, 4.69) is 22.0 Å². The summed E-state index contributed by atoms with van der Waals surface area (Å²) in [5.41, 5.74) is 6.78. The predicted octanol–water partition coefficient (Wildman–Crippen LogP) is 3.06. The van der Waals surface area contributed by atoms with Gasteiger partial charge in [0.1, 0.15) is 6.07 Å². The molecule has 2 N–H and O–H groups in total. The van der Waals surface area contributed by atoms with Gasteiger partial charge in [0.25, 0.3) is 0 Å². The molecule has 0 spiro atoms. The van der Waals surface area contributed by atoms with E-state index < -0.39 is 0 Å². The number of nitrogen functional groups attached to an aromatic ring is 1. The molecule has 0 aliphatic rings. The fourth-order valence-electron chi connectivity index (χ4n) is 1.44. The molecule has 0 atom stereocenters. The first kappa shape index (κ1) is 9.04. The van der Waals surface area contributed by atoms with E-state index in [-0.39, 0.29) is 0 Å². The minimum Gasteiger partial charge on any atom is -0.398 e. The molecule has 0 aliphatic carbocycles. The Labute approximate surface area is 90.1 Å². The Balaban J connectivity index is 2.90. The van der Waals surface area contributed by atoms with Gasteiger partial charge in [-0.15, -0.1) is 0 Å². The highest BCUT2D eigenvalue weighted by Gasteiger charge is 2.04. The Morgan fingerprint density at radius 3 is 2.71 bits per heavy atom. The van der Waals surface area contributed by atoms with Crippen molar-refractivity contribution in [3.63, 3.8) is 0 Å². The molecule has 68 valence electrons. The third-order valence-corrected chi connectivity index (χ3v) is 2.62. The lowest BCUT2D eigenvalue weighted by Crippen LogP contribution is -1.90. The summed E-state index contributed by atoms with van der Waals surface area (Å²) >= 11 is 3.38. The molecule has 0 radical (unpaired) electrons. The van der Waals surface area contributed by atoms with Gasteiger partial charge in [-0.25, -0.2) is 0 Å². The molecule has 14 heavy (non-hydrogen) atoms. The quantitative estimate of drug-likeness (QED) is 0.727. The molecule has 2 nitrogen and oxygen atoms in total. The highest BCUT2D eigenvalue weighted by atomic mass is 79.9. The second kappa shape index (κ2) is 3.32. The van der Waals surface area contributed by atoms with Gasteiger partial charge in [-0.3, -0.25) is 0 Å². The number of anilines is 1. The van der Waals surface area contributed by atoms with Crippen LogP contribution in [0.5, 0.6) is 0 Å². The van der Waals surface area contributed by atoms with E-state index in [9.17, 15) is 0 Å². The lowest BCUT2D eigenvalue weighted by molar-refractivity contribution is 1.50. The van der Waals surface area contributed by atoms with Crippen LogP contribution in [-0.4, -0.2) is 0 Å². The molecule has 2 aromatic rings. The van der Waals surface area contributed by atoms with E-state index in [1.165, 1.54) is 0 Å². The number of hydrogen-bond acceptors (Lipinski definition) is 2. The highest BCUT2D eigenvalue weighted by Crippen LogP contribution is 2.26. The van der Waals surface area contributed by atoms with Crippen molar-refractivity contribution in [1.29, 1.82) is 5.26 Å². The van der Waals surface area contributed by atoms with Crippen molar-refractivity contribution in [2.75, 3.05) is 5.73 Å². The molecule has 0 heterocycles. The molecule has 0 unspecified atom stereocenters. The molecular formula is C11H7BrN2. The average Bonchev–Trinajstić information content (AvgIpc) is 2.18. The number of fused-ring (bicyclic) bond motifs is 1. The molecule has 0 aromatic heterocycles. The first-order valence-corrected chi connectivity index (χ1v) is 4.89. The molecule has 0 fully saturated rings. The van der Waals surface area contributed by atoms with Gasteiger partial charge in [0.15, 0.2) is 0 Å². The van der Waals surface area contributed by atoms with Crippen molar-refractivity contribution >= 4 is 32.4 Å². The Morgan fingerprint density at radius 1 is 1.21 bits per heavy atom. The van der Waals surface area contributed by atoms with Crippen molar-refractivity contribution in [2.45, 2.75) is 0 Å². The third-order valence-electron chi connectivity index (χ3n) is 2.13. The van der Waals surface area contributed by atoms with Crippen molar-refractivity contribution in [2.24, 2.45) is 0 Å². The van der Waals surface area contributed by atoms with Crippen LogP contribution in [0.25, 0.3) is 10.8 Å². The first-order chi connectivity index (χ1) is 6.72. The molecule has 0 amide bonds. The minimum atomic E-state index is 0.530. The molecule has 0 saturated carbocycles. The van der Waals surface area contributed by atoms with Gasteiger partial charge in [0, 0.05) is 9.86 Å². The number of nitriles is 1. The smallest absolute Gasteiger partial charge is 0.102 e. The first-order valence-electron chi connectivity index (χ1n) is 4.10. The molecular weight excluding hydrogens is 240 g/mol. The van der Waals surface area contributed by atoms with Gasteiger partial charge < -0.3 is 5.73 Å². The lowest BCUT2D eigenvalue weighted by Gasteiger charge is -2.03. The van der Waals surface area contributed by atoms with E-state index in [4.69, 9.17) is 11.0 Å². The largest absolute Gasteiger partial charge is 0.398 e. The van der Waals surface area contributed by atoms with Crippen LogP contribution in [0, 0.1) is 11.3 Å². The summed E-state index contributed by atoms with van der Waals surface area (Å²) in [5, 5.41) is 10.9. The summed E-state index contributed by atoms with van der Waals surface area (Å²) in [7, 11) is 0. The van der Waals surface area contributed by atoms with Gasteiger partial charge in [-0.1, -0.05) is 28.1 Å². The van der Waals surface area contributed by atoms with Gasteiger partial charge in [0.05, 0.1) is 11.3 Å². The topological polar surface area (TPSA) is 49.8 Å². The zero-order valence-electron chi connectivity index (χ0n) is 7.29. The van der Waals surface area contributed by atoms with E-state index in [1.54, 1.807) is 6.07 Å².